The zero-order valence-electron chi connectivity index (χ0n) is 20.1. The molecule has 13 heteroatoms. The van der Waals surface area contributed by atoms with Gasteiger partial charge in [-0.2, -0.15) is 5.10 Å². The van der Waals surface area contributed by atoms with Gasteiger partial charge >= 0.3 is 23.6 Å². The minimum Gasteiger partial charge on any atom is -0.351 e. The third kappa shape index (κ3) is 4.74. The lowest BCUT2D eigenvalue weighted by molar-refractivity contribution is -0.186. The third-order valence-corrected chi connectivity index (χ3v) is 5.54. The van der Waals surface area contributed by atoms with E-state index in [4.69, 9.17) is 0 Å². The first-order valence-electron chi connectivity index (χ1n) is 11.0. The number of likely N-dealkylation sites (N-methyl/N-ethyl adjacent to an activating group) is 1. The zero-order valence-corrected chi connectivity index (χ0v) is 20.1. The highest BCUT2D eigenvalue weighted by atomic mass is 16.5. The second kappa shape index (κ2) is 9.02. The molecule has 4 rings (SSSR count). The number of aliphatic hydroxyl groups is 2. The van der Waals surface area contributed by atoms with Gasteiger partial charge < -0.3 is 10.2 Å². The Morgan fingerprint density at radius 2 is 1.75 bits per heavy atom. The minimum absolute atomic E-state index is 0.0526. The summed E-state index contributed by atoms with van der Waals surface area (Å²) in [5.74, 6) is -4.55. The van der Waals surface area contributed by atoms with E-state index in [1.807, 2.05) is 20.8 Å². The molecule has 188 valence electrons. The van der Waals surface area contributed by atoms with Gasteiger partial charge in [-0.3, -0.25) is 20.2 Å². The first-order chi connectivity index (χ1) is 16.9. The van der Waals surface area contributed by atoms with E-state index >= 15 is 0 Å². The van der Waals surface area contributed by atoms with Crippen molar-refractivity contribution in [2.24, 2.45) is 0 Å². The normalized spacial score (nSPS) is 15.4. The monoisotopic (exact) mass is 494 g/mol. The van der Waals surface area contributed by atoms with Crippen molar-refractivity contribution in [3.05, 3.63) is 60.2 Å². The molecule has 1 aromatic carbocycles. The lowest BCUT2D eigenvalue weighted by Crippen LogP contribution is -2.43. The molecule has 4 N–H and O–H groups in total. The SMILES string of the molecule is CN1C(=O)C(O)(O)C(=O)N1Cc1ccc(-n2nc(C(C)(C)C)cc2NC(=O)Nc2ccncn2)cc1. The second-order valence-electron chi connectivity index (χ2n) is 9.28. The van der Waals surface area contributed by atoms with Crippen molar-refractivity contribution in [2.45, 2.75) is 38.5 Å². The summed E-state index contributed by atoms with van der Waals surface area (Å²) in [5, 5.41) is 31.3. The third-order valence-electron chi connectivity index (χ3n) is 5.54. The molecular weight excluding hydrogens is 468 g/mol. The highest BCUT2D eigenvalue weighted by Gasteiger charge is 2.55. The number of benzene rings is 1. The summed E-state index contributed by atoms with van der Waals surface area (Å²) in [6, 6.07) is 9.70. The Labute approximate surface area is 206 Å². The number of carbonyl (C=O) groups is 3. The summed E-state index contributed by atoms with van der Waals surface area (Å²) in [7, 11) is 1.28. The molecule has 13 nitrogen and oxygen atoms in total. The maximum atomic E-state index is 12.6. The molecule has 36 heavy (non-hydrogen) atoms. The molecule has 3 heterocycles. The lowest BCUT2D eigenvalue weighted by Gasteiger charge is -2.23. The highest BCUT2D eigenvalue weighted by Crippen LogP contribution is 2.27. The van der Waals surface area contributed by atoms with Crippen LogP contribution < -0.4 is 10.6 Å². The number of nitrogens with one attached hydrogen (secondary N) is 2. The van der Waals surface area contributed by atoms with Crippen LogP contribution in [0, 0.1) is 0 Å². The summed E-state index contributed by atoms with van der Waals surface area (Å²) < 4.78 is 1.58. The quantitative estimate of drug-likeness (QED) is 0.301. The van der Waals surface area contributed by atoms with Crippen LogP contribution in [0.25, 0.3) is 5.69 Å². The molecule has 4 amide bonds. The van der Waals surface area contributed by atoms with Crippen molar-refractivity contribution in [1.82, 2.24) is 29.8 Å². The van der Waals surface area contributed by atoms with Crippen LogP contribution in [0.5, 0.6) is 0 Å². The van der Waals surface area contributed by atoms with Crippen LogP contribution in [0.1, 0.15) is 32.0 Å². The van der Waals surface area contributed by atoms with Crippen molar-refractivity contribution in [1.29, 1.82) is 0 Å². The second-order valence-corrected chi connectivity index (χ2v) is 9.28. The summed E-state index contributed by atoms with van der Waals surface area (Å²) in [5.41, 5.74) is 1.71. The van der Waals surface area contributed by atoms with Crippen LogP contribution >= 0.6 is 0 Å². The standard InChI is InChI=1S/C23H26N8O5/c1-22(2,3)16-11-18(27-21(34)26-17-9-10-24-13-25-17)31(28-16)15-7-5-14(6-8-15)12-30-20(33)23(35,36)19(32)29(30)4/h5-11,13,35-36H,12H2,1-4H3,(H2,24,25,26,27,34). The Kier molecular flexibility index (Phi) is 6.20. The van der Waals surface area contributed by atoms with Crippen molar-refractivity contribution in [3.8, 4) is 5.69 Å². The first kappa shape index (κ1) is 24.8. The molecule has 1 saturated heterocycles. The smallest absolute Gasteiger partial charge is 0.330 e. The van der Waals surface area contributed by atoms with Gasteiger partial charge in [0.25, 0.3) is 0 Å². The molecule has 0 spiro atoms. The average Bonchev–Trinajstić information content (AvgIpc) is 3.31. The molecule has 0 radical (unpaired) electrons. The van der Waals surface area contributed by atoms with E-state index in [2.05, 4.69) is 25.7 Å². The van der Waals surface area contributed by atoms with Gasteiger partial charge in [0, 0.05) is 24.7 Å². The van der Waals surface area contributed by atoms with Gasteiger partial charge in [0.2, 0.25) is 0 Å². The van der Waals surface area contributed by atoms with Crippen LogP contribution in [0.4, 0.5) is 16.4 Å². The summed E-state index contributed by atoms with van der Waals surface area (Å²) >= 11 is 0. The van der Waals surface area contributed by atoms with E-state index in [0.29, 0.717) is 22.9 Å². The van der Waals surface area contributed by atoms with Crippen LogP contribution in [0.2, 0.25) is 0 Å². The molecule has 1 fully saturated rings. The highest BCUT2D eigenvalue weighted by molar-refractivity contribution is 6.10. The summed E-state index contributed by atoms with van der Waals surface area (Å²) in [4.78, 5) is 44.5. The van der Waals surface area contributed by atoms with Gasteiger partial charge in [0.05, 0.1) is 17.9 Å². The van der Waals surface area contributed by atoms with Crippen LogP contribution in [0.15, 0.2) is 48.9 Å². The summed E-state index contributed by atoms with van der Waals surface area (Å²) in [6.07, 6.45) is 2.83. The number of hydrazine groups is 1. The van der Waals surface area contributed by atoms with Gasteiger partial charge in [-0.15, -0.1) is 0 Å². The number of anilines is 2. The molecule has 3 aromatic rings. The number of urea groups is 1. The van der Waals surface area contributed by atoms with E-state index in [1.165, 1.54) is 19.6 Å². The molecule has 1 aliphatic heterocycles. The van der Waals surface area contributed by atoms with Crippen molar-refractivity contribution >= 4 is 29.5 Å². The van der Waals surface area contributed by atoms with E-state index in [1.54, 1.807) is 41.1 Å². The Balaban J connectivity index is 1.57. The fourth-order valence-electron chi connectivity index (χ4n) is 3.50. The van der Waals surface area contributed by atoms with Gasteiger partial charge in [-0.25, -0.2) is 29.5 Å². The van der Waals surface area contributed by atoms with Crippen LogP contribution in [-0.4, -0.2) is 70.7 Å². The van der Waals surface area contributed by atoms with Gasteiger partial charge in [0.15, 0.2) is 0 Å². The zero-order chi connectivity index (χ0) is 26.3. The van der Waals surface area contributed by atoms with Crippen molar-refractivity contribution in [2.75, 3.05) is 17.7 Å². The average molecular weight is 495 g/mol. The molecular formula is C23H26N8O5. The van der Waals surface area contributed by atoms with Gasteiger partial charge in [0.1, 0.15) is 18.0 Å². The van der Waals surface area contributed by atoms with Crippen LogP contribution in [-0.2, 0) is 21.5 Å². The Hall–Kier alpha value is -4.36. The predicted octanol–water partition coefficient (Wildman–Crippen LogP) is 1.00. The molecule has 0 unspecified atom stereocenters. The van der Waals surface area contributed by atoms with Gasteiger partial charge in [-0.1, -0.05) is 32.9 Å². The van der Waals surface area contributed by atoms with E-state index < -0.39 is 23.6 Å². The molecule has 1 aliphatic rings. The van der Waals surface area contributed by atoms with Gasteiger partial charge in [-0.05, 0) is 23.8 Å². The molecule has 0 aliphatic carbocycles. The number of rotatable bonds is 5. The van der Waals surface area contributed by atoms with Crippen molar-refractivity contribution < 1.29 is 24.6 Å². The number of hydrogen-bond acceptors (Lipinski definition) is 8. The van der Waals surface area contributed by atoms with E-state index in [0.717, 1.165) is 15.7 Å². The minimum atomic E-state index is -3.07. The fourth-order valence-corrected chi connectivity index (χ4v) is 3.50. The molecule has 2 aromatic heterocycles. The number of hydrogen-bond donors (Lipinski definition) is 4. The summed E-state index contributed by atoms with van der Waals surface area (Å²) in [6.45, 7) is 5.95. The molecule has 0 bridgehead atoms. The Morgan fingerprint density at radius 1 is 1.06 bits per heavy atom. The topological polar surface area (TPSA) is 166 Å². The number of carbonyl (C=O) groups excluding carboxylic acids is 3. The number of nitrogens with zero attached hydrogens (tertiary/aromatic N) is 6. The van der Waals surface area contributed by atoms with Crippen LogP contribution in [0.3, 0.4) is 0 Å². The molecule has 0 saturated carbocycles. The van der Waals surface area contributed by atoms with E-state index in [-0.39, 0.29) is 12.0 Å². The largest absolute Gasteiger partial charge is 0.351 e. The maximum absolute atomic E-state index is 12.6. The first-order valence-corrected chi connectivity index (χ1v) is 11.0. The fraction of sp³-hybridized carbons (Fsp3) is 0.304. The van der Waals surface area contributed by atoms with Crippen molar-refractivity contribution in [3.63, 3.8) is 0 Å². The Morgan fingerprint density at radius 3 is 2.31 bits per heavy atom. The lowest BCUT2D eigenvalue weighted by atomic mass is 9.92. The number of aromatic nitrogens is 4. The van der Waals surface area contributed by atoms with E-state index in [9.17, 15) is 24.6 Å². The number of amides is 4. The Bertz CT molecular complexity index is 1300. The predicted molar refractivity (Wildman–Crippen MR) is 127 cm³/mol. The maximum Gasteiger partial charge on any atom is 0.330 e. The molecule has 0 atom stereocenters.